The van der Waals surface area contributed by atoms with Crippen molar-refractivity contribution in [1.29, 1.82) is 0 Å². The van der Waals surface area contributed by atoms with Crippen molar-refractivity contribution in [2.75, 3.05) is 6.54 Å². The first kappa shape index (κ1) is 15.5. The Morgan fingerprint density at radius 2 is 2.09 bits per heavy atom. The van der Waals surface area contributed by atoms with E-state index in [9.17, 15) is 9.59 Å². The fourth-order valence-electron chi connectivity index (χ4n) is 3.29. The van der Waals surface area contributed by atoms with E-state index in [2.05, 4.69) is 16.9 Å². The van der Waals surface area contributed by atoms with E-state index in [1.54, 1.807) is 6.07 Å². The van der Waals surface area contributed by atoms with Crippen LogP contribution in [-0.4, -0.2) is 33.3 Å². The summed E-state index contributed by atoms with van der Waals surface area (Å²) in [4.78, 5) is 22.7. The number of aryl methyl sites for hydroxylation is 1. The molecule has 1 aromatic carbocycles. The Labute approximate surface area is 134 Å². The first-order valence-corrected chi connectivity index (χ1v) is 8.11. The Bertz CT molecular complexity index is 745. The maximum absolute atomic E-state index is 12.1. The molecule has 0 atom stereocenters. The Balaban J connectivity index is 1.98. The highest BCUT2D eigenvalue weighted by Gasteiger charge is 2.22. The molecule has 2 aromatic rings. The van der Waals surface area contributed by atoms with Gasteiger partial charge in [0.25, 0.3) is 5.91 Å². The van der Waals surface area contributed by atoms with Gasteiger partial charge in [-0.1, -0.05) is 25.8 Å². The maximum atomic E-state index is 12.1. The zero-order valence-corrected chi connectivity index (χ0v) is 13.2. The molecule has 1 saturated carbocycles. The molecule has 0 unspecified atom stereocenters. The number of benzene rings is 1. The second kappa shape index (κ2) is 6.40. The molecule has 6 heteroatoms. The SMILES string of the molecule is CCc1nn(C2CCCC2)c2cc(C(=O)NCC(=O)O)ccc12. The molecule has 23 heavy (non-hydrogen) atoms. The van der Waals surface area contributed by atoms with Crippen molar-refractivity contribution in [1.82, 2.24) is 15.1 Å². The predicted octanol–water partition coefficient (Wildman–Crippen LogP) is 2.53. The average Bonchev–Trinajstić information content (AvgIpc) is 3.18. The minimum absolute atomic E-state index is 0.369. The largest absolute Gasteiger partial charge is 0.480 e. The van der Waals surface area contributed by atoms with Crippen LogP contribution in [-0.2, 0) is 11.2 Å². The molecule has 1 fully saturated rings. The number of carboxylic acids is 1. The minimum Gasteiger partial charge on any atom is -0.480 e. The van der Waals surface area contributed by atoms with E-state index in [1.807, 2.05) is 12.1 Å². The van der Waals surface area contributed by atoms with Crippen molar-refractivity contribution in [3.05, 3.63) is 29.5 Å². The molecule has 6 nitrogen and oxygen atoms in total. The highest BCUT2D eigenvalue weighted by Crippen LogP contribution is 2.33. The van der Waals surface area contributed by atoms with Gasteiger partial charge < -0.3 is 10.4 Å². The number of nitrogens with zero attached hydrogens (tertiary/aromatic N) is 2. The zero-order chi connectivity index (χ0) is 16.4. The molecule has 0 aliphatic heterocycles. The lowest BCUT2D eigenvalue weighted by atomic mass is 10.1. The number of nitrogens with one attached hydrogen (secondary N) is 1. The lowest BCUT2D eigenvalue weighted by molar-refractivity contribution is -0.135. The molecule has 0 radical (unpaired) electrons. The van der Waals surface area contributed by atoms with E-state index >= 15 is 0 Å². The number of aliphatic carboxylic acids is 1. The second-order valence-electron chi connectivity index (χ2n) is 5.99. The van der Waals surface area contributed by atoms with Crippen LogP contribution in [0.15, 0.2) is 18.2 Å². The molecule has 0 saturated heterocycles. The van der Waals surface area contributed by atoms with Crippen LogP contribution in [0, 0.1) is 0 Å². The Morgan fingerprint density at radius 1 is 1.35 bits per heavy atom. The standard InChI is InChI=1S/C17H21N3O3/c1-2-14-13-8-7-11(17(23)18-10-16(21)22)9-15(13)20(19-14)12-5-3-4-6-12/h7-9,12H,2-6,10H2,1H3,(H,18,23)(H,21,22). The fraction of sp³-hybridized carbons (Fsp3) is 0.471. The van der Waals surface area contributed by atoms with E-state index in [0.29, 0.717) is 11.6 Å². The molecule has 1 amide bonds. The summed E-state index contributed by atoms with van der Waals surface area (Å²) < 4.78 is 2.06. The third-order valence-electron chi connectivity index (χ3n) is 4.45. The van der Waals surface area contributed by atoms with Crippen LogP contribution in [0.5, 0.6) is 0 Å². The van der Waals surface area contributed by atoms with E-state index in [-0.39, 0.29) is 12.5 Å². The molecule has 3 rings (SSSR count). The number of fused-ring (bicyclic) bond motifs is 1. The lowest BCUT2D eigenvalue weighted by Crippen LogP contribution is -2.29. The van der Waals surface area contributed by atoms with Gasteiger partial charge in [-0.3, -0.25) is 14.3 Å². The van der Waals surface area contributed by atoms with Crippen molar-refractivity contribution in [2.45, 2.75) is 45.1 Å². The molecule has 1 aliphatic rings. The summed E-state index contributed by atoms with van der Waals surface area (Å²) in [5, 5.41) is 16.9. The molecule has 1 aromatic heterocycles. The van der Waals surface area contributed by atoms with Crippen LogP contribution >= 0.6 is 0 Å². The quantitative estimate of drug-likeness (QED) is 0.888. The Morgan fingerprint density at radius 3 is 2.74 bits per heavy atom. The van der Waals surface area contributed by atoms with Gasteiger partial charge in [-0.2, -0.15) is 5.10 Å². The highest BCUT2D eigenvalue weighted by atomic mass is 16.4. The number of hydrogen-bond acceptors (Lipinski definition) is 3. The third kappa shape index (κ3) is 3.06. The van der Waals surface area contributed by atoms with E-state index < -0.39 is 5.97 Å². The monoisotopic (exact) mass is 315 g/mol. The maximum Gasteiger partial charge on any atom is 0.322 e. The number of hydrogen-bond donors (Lipinski definition) is 2. The topological polar surface area (TPSA) is 84.2 Å². The number of amides is 1. The number of carboxylic acid groups (broad SMARTS) is 1. The van der Waals surface area contributed by atoms with Crippen molar-refractivity contribution in [3.8, 4) is 0 Å². The van der Waals surface area contributed by atoms with Crippen LogP contribution in [0.2, 0.25) is 0 Å². The van der Waals surface area contributed by atoms with Gasteiger partial charge >= 0.3 is 5.97 Å². The number of rotatable bonds is 5. The van der Waals surface area contributed by atoms with Crippen LogP contribution in [0.25, 0.3) is 10.9 Å². The second-order valence-corrected chi connectivity index (χ2v) is 5.99. The van der Waals surface area contributed by atoms with Gasteiger partial charge in [-0.15, -0.1) is 0 Å². The van der Waals surface area contributed by atoms with Gasteiger partial charge in [-0.25, -0.2) is 0 Å². The minimum atomic E-state index is -1.05. The molecule has 2 N–H and O–H groups in total. The molecular formula is C17H21N3O3. The van der Waals surface area contributed by atoms with Gasteiger partial charge in [0.05, 0.1) is 17.3 Å². The molecule has 0 bridgehead atoms. The van der Waals surface area contributed by atoms with Crippen molar-refractivity contribution >= 4 is 22.8 Å². The number of aromatic nitrogens is 2. The summed E-state index contributed by atoms with van der Waals surface area (Å²) in [5.74, 6) is -1.42. The average molecular weight is 315 g/mol. The molecule has 1 heterocycles. The van der Waals surface area contributed by atoms with Crippen LogP contribution in [0.4, 0.5) is 0 Å². The zero-order valence-electron chi connectivity index (χ0n) is 13.2. The van der Waals surface area contributed by atoms with Crippen LogP contribution in [0.1, 0.15) is 54.7 Å². The Hall–Kier alpha value is -2.37. The first-order chi connectivity index (χ1) is 11.1. The molecule has 1 aliphatic carbocycles. The van der Waals surface area contributed by atoms with Gasteiger partial charge in [0.15, 0.2) is 0 Å². The van der Waals surface area contributed by atoms with Crippen molar-refractivity contribution in [2.24, 2.45) is 0 Å². The normalized spacial score (nSPS) is 15.2. The van der Waals surface area contributed by atoms with Gasteiger partial charge in [0.1, 0.15) is 6.54 Å². The number of carbonyl (C=O) groups excluding carboxylic acids is 1. The molecular weight excluding hydrogens is 294 g/mol. The lowest BCUT2D eigenvalue weighted by Gasteiger charge is -2.11. The molecule has 122 valence electrons. The summed E-state index contributed by atoms with van der Waals surface area (Å²) in [6.45, 7) is 1.70. The third-order valence-corrected chi connectivity index (χ3v) is 4.45. The summed E-state index contributed by atoms with van der Waals surface area (Å²) in [5.41, 5.74) is 2.49. The predicted molar refractivity (Wildman–Crippen MR) is 86.6 cm³/mol. The van der Waals surface area contributed by atoms with Gasteiger partial charge in [0, 0.05) is 10.9 Å². The highest BCUT2D eigenvalue weighted by molar-refractivity contribution is 5.99. The van der Waals surface area contributed by atoms with Crippen LogP contribution in [0.3, 0.4) is 0 Å². The van der Waals surface area contributed by atoms with Crippen molar-refractivity contribution < 1.29 is 14.7 Å². The summed E-state index contributed by atoms with van der Waals surface area (Å²) in [6.07, 6.45) is 5.52. The fourth-order valence-corrected chi connectivity index (χ4v) is 3.29. The van der Waals surface area contributed by atoms with Gasteiger partial charge in [-0.05, 0) is 31.4 Å². The summed E-state index contributed by atoms with van der Waals surface area (Å²) in [6, 6.07) is 5.88. The first-order valence-electron chi connectivity index (χ1n) is 8.11. The van der Waals surface area contributed by atoms with E-state index in [4.69, 9.17) is 10.2 Å². The molecule has 0 spiro atoms. The summed E-state index contributed by atoms with van der Waals surface area (Å²) in [7, 11) is 0. The van der Waals surface area contributed by atoms with E-state index in [0.717, 1.165) is 35.9 Å². The van der Waals surface area contributed by atoms with Crippen molar-refractivity contribution in [3.63, 3.8) is 0 Å². The van der Waals surface area contributed by atoms with Gasteiger partial charge in [0.2, 0.25) is 0 Å². The van der Waals surface area contributed by atoms with Crippen LogP contribution < -0.4 is 5.32 Å². The number of carbonyl (C=O) groups is 2. The Kier molecular flexibility index (Phi) is 4.32. The smallest absolute Gasteiger partial charge is 0.322 e. The van der Waals surface area contributed by atoms with E-state index in [1.165, 1.54) is 12.8 Å². The summed E-state index contributed by atoms with van der Waals surface area (Å²) >= 11 is 0.